The van der Waals surface area contributed by atoms with Crippen molar-refractivity contribution < 1.29 is 9.13 Å². The number of hydrogen-bond donors (Lipinski definition) is 1. The standard InChI is InChI=1S/C12H15BrFNO/c1-12(5-2-6-16-12)11(15)8-3-4-10(14)9(13)7-8/h3-4,7,11H,2,5-6,15H2,1H3. The highest BCUT2D eigenvalue weighted by atomic mass is 79.9. The van der Waals surface area contributed by atoms with Crippen LogP contribution in [0.2, 0.25) is 0 Å². The van der Waals surface area contributed by atoms with Gasteiger partial charge in [-0.05, 0) is 53.4 Å². The molecule has 16 heavy (non-hydrogen) atoms. The Morgan fingerprint density at radius 1 is 1.56 bits per heavy atom. The second-order valence-corrected chi connectivity index (χ2v) is 5.27. The van der Waals surface area contributed by atoms with E-state index in [-0.39, 0.29) is 17.5 Å². The van der Waals surface area contributed by atoms with Gasteiger partial charge in [-0.15, -0.1) is 0 Å². The van der Waals surface area contributed by atoms with E-state index in [1.54, 1.807) is 12.1 Å². The lowest BCUT2D eigenvalue weighted by atomic mass is 9.88. The molecule has 1 fully saturated rings. The minimum Gasteiger partial charge on any atom is -0.373 e. The zero-order valence-corrected chi connectivity index (χ0v) is 10.8. The lowest BCUT2D eigenvalue weighted by molar-refractivity contribution is -0.00176. The Morgan fingerprint density at radius 2 is 2.31 bits per heavy atom. The van der Waals surface area contributed by atoms with Gasteiger partial charge in [0.25, 0.3) is 0 Å². The van der Waals surface area contributed by atoms with Gasteiger partial charge in [-0.3, -0.25) is 0 Å². The molecule has 0 aromatic heterocycles. The molecule has 0 saturated carbocycles. The van der Waals surface area contributed by atoms with E-state index < -0.39 is 0 Å². The predicted octanol–water partition coefficient (Wildman–Crippen LogP) is 3.16. The molecule has 88 valence electrons. The number of ether oxygens (including phenoxy) is 1. The summed E-state index contributed by atoms with van der Waals surface area (Å²) in [4.78, 5) is 0. The first-order valence-corrected chi connectivity index (χ1v) is 6.17. The van der Waals surface area contributed by atoms with Gasteiger partial charge in [-0.2, -0.15) is 0 Å². The lowest BCUT2D eigenvalue weighted by Gasteiger charge is -2.30. The van der Waals surface area contributed by atoms with Gasteiger partial charge in [0.2, 0.25) is 0 Å². The van der Waals surface area contributed by atoms with Gasteiger partial charge < -0.3 is 10.5 Å². The Hall–Kier alpha value is -0.450. The smallest absolute Gasteiger partial charge is 0.137 e. The minimum absolute atomic E-state index is 0.216. The topological polar surface area (TPSA) is 35.2 Å². The van der Waals surface area contributed by atoms with E-state index in [9.17, 15) is 4.39 Å². The summed E-state index contributed by atoms with van der Waals surface area (Å²) in [7, 11) is 0. The molecule has 0 amide bonds. The molecule has 1 aliphatic heterocycles. The van der Waals surface area contributed by atoms with Crippen molar-refractivity contribution >= 4 is 15.9 Å². The van der Waals surface area contributed by atoms with Crippen LogP contribution in [0.25, 0.3) is 0 Å². The first-order valence-electron chi connectivity index (χ1n) is 5.37. The summed E-state index contributed by atoms with van der Waals surface area (Å²) in [6, 6.07) is 4.66. The van der Waals surface area contributed by atoms with Gasteiger partial charge >= 0.3 is 0 Å². The molecule has 1 aliphatic rings. The van der Waals surface area contributed by atoms with Crippen LogP contribution in [0.5, 0.6) is 0 Å². The maximum Gasteiger partial charge on any atom is 0.137 e. The van der Waals surface area contributed by atoms with E-state index in [4.69, 9.17) is 10.5 Å². The Morgan fingerprint density at radius 3 is 2.88 bits per heavy atom. The van der Waals surface area contributed by atoms with Gasteiger partial charge in [0.1, 0.15) is 5.82 Å². The maximum atomic E-state index is 13.1. The minimum atomic E-state index is -0.322. The molecule has 4 heteroatoms. The second kappa shape index (κ2) is 4.43. The van der Waals surface area contributed by atoms with Crippen molar-refractivity contribution in [2.75, 3.05) is 6.61 Å². The van der Waals surface area contributed by atoms with Crippen molar-refractivity contribution in [2.45, 2.75) is 31.4 Å². The summed E-state index contributed by atoms with van der Waals surface area (Å²) in [5.74, 6) is -0.270. The number of halogens is 2. The van der Waals surface area contributed by atoms with Crippen molar-refractivity contribution in [3.05, 3.63) is 34.1 Å². The average molecular weight is 288 g/mol. The van der Waals surface area contributed by atoms with Crippen LogP contribution in [0, 0.1) is 5.82 Å². The fourth-order valence-corrected chi connectivity index (χ4v) is 2.50. The largest absolute Gasteiger partial charge is 0.373 e. The van der Waals surface area contributed by atoms with Gasteiger partial charge in [-0.25, -0.2) is 4.39 Å². The second-order valence-electron chi connectivity index (χ2n) is 4.42. The highest BCUT2D eigenvalue weighted by molar-refractivity contribution is 9.10. The molecule has 1 heterocycles. The molecule has 0 spiro atoms. The summed E-state index contributed by atoms with van der Waals surface area (Å²) in [6.07, 6.45) is 1.98. The van der Waals surface area contributed by atoms with Crippen LogP contribution in [0.1, 0.15) is 31.4 Å². The summed E-state index contributed by atoms with van der Waals surface area (Å²) in [5, 5.41) is 0. The summed E-state index contributed by atoms with van der Waals surface area (Å²) >= 11 is 3.17. The van der Waals surface area contributed by atoms with Gasteiger partial charge in [0.15, 0.2) is 0 Å². The average Bonchev–Trinajstić information content (AvgIpc) is 2.70. The van der Waals surface area contributed by atoms with Gasteiger partial charge in [-0.1, -0.05) is 6.07 Å². The molecular weight excluding hydrogens is 273 g/mol. The Kier molecular flexibility index (Phi) is 3.33. The lowest BCUT2D eigenvalue weighted by Crippen LogP contribution is -2.37. The van der Waals surface area contributed by atoms with E-state index in [0.29, 0.717) is 4.47 Å². The third-order valence-electron chi connectivity index (χ3n) is 3.21. The van der Waals surface area contributed by atoms with Crippen LogP contribution < -0.4 is 5.73 Å². The van der Waals surface area contributed by atoms with Crippen LogP contribution in [-0.2, 0) is 4.74 Å². The highest BCUT2D eigenvalue weighted by Gasteiger charge is 2.37. The third-order valence-corrected chi connectivity index (χ3v) is 3.82. The molecule has 2 nitrogen and oxygen atoms in total. The molecule has 2 unspecified atom stereocenters. The number of benzene rings is 1. The van der Waals surface area contributed by atoms with Crippen LogP contribution >= 0.6 is 15.9 Å². The fourth-order valence-electron chi connectivity index (χ4n) is 2.10. The van der Waals surface area contributed by atoms with Crippen molar-refractivity contribution in [3.63, 3.8) is 0 Å². The Labute approximate surface area is 103 Å². The van der Waals surface area contributed by atoms with Crippen LogP contribution in [0.4, 0.5) is 4.39 Å². The van der Waals surface area contributed by atoms with E-state index in [0.717, 1.165) is 25.0 Å². The van der Waals surface area contributed by atoms with Crippen LogP contribution in [0.3, 0.4) is 0 Å². The summed E-state index contributed by atoms with van der Waals surface area (Å²) < 4.78 is 19.3. The normalized spacial score (nSPS) is 27.0. The van der Waals surface area contributed by atoms with Gasteiger partial charge in [0, 0.05) is 6.61 Å². The molecule has 0 bridgehead atoms. The Balaban J connectivity index is 2.26. The number of rotatable bonds is 2. The molecule has 1 saturated heterocycles. The van der Waals surface area contributed by atoms with E-state index in [1.807, 2.05) is 6.92 Å². The number of nitrogens with two attached hydrogens (primary N) is 1. The highest BCUT2D eigenvalue weighted by Crippen LogP contribution is 2.36. The van der Waals surface area contributed by atoms with Crippen LogP contribution in [0.15, 0.2) is 22.7 Å². The first-order chi connectivity index (χ1) is 7.53. The maximum absolute atomic E-state index is 13.1. The molecular formula is C12H15BrFNO. The molecule has 0 aliphatic carbocycles. The number of hydrogen-bond acceptors (Lipinski definition) is 2. The molecule has 2 N–H and O–H groups in total. The van der Waals surface area contributed by atoms with Gasteiger partial charge in [0.05, 0.1) is 16.1 Å². The Bertz CT molecular complexity index is 391. The summed E-state index contributed by atoms with van der Waals surface area (Å²) in [5.41, 5.74) is 6.76. The molecule has 1 aromatic rings. The van der Waals surface area contributed by atoms with Crippen molar-refractivity contribution in [3.8, 4) is 0 Å². The van der Waals surface area contributed by atoms with Crippen molar-refractivity contribution in [1.29, 1.82) is 0 Å². The molecule has 2 atom stereocenters. The van der Waals surface area contributed by atoms with E-state index >= 15 is 0 Å². The SMILES string of the molecule is CC1(C(N)c2ccc(F)c(Br)c2)CCCO1. The molecule has 0 radical (unpaired) electrons. The van der Waals surface area contributed by atoms with E-state index in [2.05, 4.69) is 15.9 Å². The van der Waals surface area contributed by atoms with Crippen molar-refractivity contribution in [1.82, 2.24) is 0 Å². The zero-order valence-electron chi connectivity index (χ0n) is 9.17. The third kappa shape index (κ3) is 2.14. The predicted molar refractivity (Wildman–Crippen MR) is 64.6 cm³/mol. The molecule has 2 rings (SSSR count). The fraction of sp³-hybridized carbons (Fsp3) is 0.500. The zero-order chi connectivity index (χ0) is 11.8. The van der Waals surface area contributed by atoms with E-state index in [1.165, 1.54) is 6.07 Å². The quantitative estimate of drug-likeness (QED) is 0.907. The van der Waals surface area contributed by atoms with Crippen molar-refractivity contribution in [2.24, 2.45) is 5.73 Å². The molecule has 1 aromatic carbocycles. The summed E-state index contributed by atoms with van der Waals surface area (Å²) in [6.45, 7) is 2.77. The first kappa shape index (κ1) is 12.0. The monoisotopic (exact) mass is 287 g/mol. The van der Waals surface area contributed by atoms with Crippen LogP contribution in [-0.4, -0.2) is 12.2 Å².